The number of hydrogen-bond donors (Lipinski definition) is 2. The van der Waals surface area contributed by atoms with E-state index in [0.717, 1.165) is 19.6 Å². The lowest BCUT2D eigenvalue weighted by Gasteiger charge is -2.24. The SMILES string of the molecule is CC1CN(c2nccnc2C(N)=NO)CCCO1. The molecular weight excluding hydrogens is 234 g/mol. The standard InChI is InChI=1S/C11H17N5O2/c1-8-7-16(5-2-6-18-8)11-9(10(12)15-17)13-3-4-14-11/h3-4,8,17H,2,5-7H2,1H3,(H2,12,15). The molecule has 98 valence electrons. The molecule has 1 aliphatic rings. The van der Waals surface area contributed by atoms with Gasteiger partial charge in [-0.25, -0.2) is 9.97 Å². The van der Waals surface area contributed by atoms with E-state index >= 15 is 0 Å². The maximum absolute atomic E-state index is 8.77. The number of nitrogens with two attached hydrogens (primary N) is 1. The van der Waals surface area contributed by atoms with Crippen molar-refractivity contribution >= 4 is 11.7 Å². The van der Waals surface area contributed by atoms with Crippen molar-refractivity contribution in [3.05, 3.63) is 18.1 Å². The monoisotopic (exact) mass is 251 g/mol. The van der Waals surface area contributed by atoms with Crippen LogP contribution < -0.4 is 10.6 Å². The number of amidine groups is 1. The molecule has 2 rings (SSSR count). The van der Waals surface area contributed by atoms with E-state index in [0.29, 0.717) is 18.1 Å². The number of aromatic nitrogens is 2. The first-order chi connectivity index (χ1) is 8.72. The van der Waals surface area contributed by atoms with Gasteiger partial charge in [-0.05, 0) is 13.3 Å². The minimum Gasteiger partial charge on any atom is -0.409 e. The Kier molecular flexibility index (Phi) is 3.93. The molecule has 0 radical (unpaired) electrons. The smallest absolute Gasteiger partial charge is 0.192 e. The van der Waals surface area contributed by atoms with E-state index in [-0.39, 0.29) is 11.9 Å². The molecule has 0 aromatic carbocycles. The molecule has 0 saturated carbocycles. The second-order valence-electron chi connectivity index (χ2n) is 4.19. The average Bonchev–Trinajstić information content (AvgIpc) is 2.62. The highest BCUT2D eigenvalue weighted by Crippen LogP contribution is 2.18. The molecular formula is C11H17N5O2. The zero-order valence-electron chi connectivity index (χ0n) is 10.3. The number of oxime groups is 1. The first-order valence-electron chi connectivity index (χ1n) is 5.88. The molecule has 0 spiro atoms. The van der Waals surface area contributed by atoms with Crippen LogP contribution in [0.15, 0.2) is 17.5 Å². The summed E-state index contributed by atoms with van der Waals surface area (Å²) >= 11 is 0. The summed E-state index contributed by atoms with van der Waals surface area (Å²) in [4.78, 5) is 10.5. The van der Waals surface area contributed by atoms with E-state index in [1.54, 1.807) is 6.20 Å². The van der Waals surface area contributed by atoms with Gasteiger partial charge in [-0.2, -0.15) is 0 Å². The second-order valence-corrected chi connectivity index (χ2v) is 4.19. The van der Waals surface area contributed by atoms with E-state index in [1.807, 2.05) is 6.92 Å². The third-order valence-corrected chi connectivity index (χ3v) is 2.78. The lowest BCUT2D eigenvalue weighted by atomic mass is 10.3. The third-order valence-electron chi connectivity index (χ3n) is 2.78. The molecule has 1 fully saturated rings. The predicted molar refractivity (Wildman–Crippen MR) is 66.8 cm³/mol. The quantitative estimate of drug-likeness (QED) is 0.337. The van der Waals surface area contributed by atoms with Crippen LogP contribution in [0, 0.1) is 0 Å². The van der Waals surface area contributed by atoms with Gasteiger partial charge in [0, 0.05) is 32.1 Å². The molecule has 7 nitrogen and oxygen atoms in total. The normalized spacial score (nSPS) is 21.7. The predicted octanol–water partition coefficient (Wildman–Crippen LogP) is 0.186. The number of nitrogens with zero attached hydrogens (tertiary/aromatic N) is 4. The molecule has 3 N–H and O–H groups in total. The van der Waals surface area contributed by atoms with Gasteiger partial charge in [0.15, 0.2) is 17.3 Å². The van der Waals surface area contributed by atoms with Crippen LogP contribution in [-0.2, 0) is 4.74 Å². The molecule has 0 bridgehead atoms. The molecule has 0 aliphatic carbocycles. The Bertz CT molecular complexity index is 437. The van der Waals surface area contributed by atoms with Crippen LogP contribution in [-0.4, -0.2) is 46.8 Å². The molecule has 2 heterocycles. The van der Waals surface area contributed by atoms with Gasteiger partial charge in [0.05, 0.1) is 6.10 Å². The Morgan fingerprint density at radius 2 is 2.33 bits per heavy atom. The zero-order chi connectivity index (χ0) is 13.0. The molecule has 1 aromatic rings. The third kappa shape index (κ3) is 2.67. The fourth-order valence-electron chi connectivity index (χ4n) is 1.98. The van der Waals surface area contributed by atoms with E-state index in [9.17, 15) is 0 Å². The summed E-state index contributed by atoms with van der Waals surface area (Å²) < 4.78 is 5.58. The van der Waals surface area contributed by atoms with Gasteiger partial charge in [0.25, 0.3) is 0 Å². The maximum atomic E-state index is 8.77. The second kappa shape index (κ2) is 5.63. The molecule has 18 heavy (non-hydrogen) atoms. The van der Waals surface area contributed by atoms with E-state index < -0.39 is 0 Å². The van der Waals surface area contributed by atoms with Gasteiger partial charge in [0.2, 0.25) is 0 Å². The summed E-state index contributed by atoms with van der Waals surface area (Å²) in [5, 5.41) is 11.8. The molecule has 7 heteroatoms. The fraction of sp³-hybridized carbons (Fsp3) is 0.545. The van der Waals surface area contributed by atoms with Crippen molar-refractivity contribution in [3.63, 3.8) is 0 Å². The van der Waals surface area contributed by atoms with Crippen LogP contribution in [0.1, 0.15) is 19.0 Å². The van der Waals surface area contributed by atoms with Crippen LogP contribution in [0.4, 0.5) is 5.82 Å². The van der Waals surface area contributed by atoms with Crippen LogP contribution in [0.2, 0.25) is 0 Å². The van der Waals surface area contributed by atoms with E-state index in [4.69, 9.17) is 15.7 Å². The molecule has 1 saturated heterocycles. The van der Waals surface area contributed by atoms with Crippen LogP contribution in [0.25, 0.3) is 0 Å². The Morgan fingerprint density at radius 3 is 3.11 bits per heavy atom. The lowest BCUT2D eigenvalue weighted by Crippen LogP contribution is -2.33. The highest BCUT2D eigenvalue weighted by Gasteiger charge is 2.21. The summed E-state index contributed by atoms with van der Waals surface area (Å²) in [6.07, 6.45) is 4.15. The Labute approximate surface area is 105 Å². The summed E-state index contributed by atoms with van der Waals surface area (Å²) in [6.45, 7) is 4.27. The topological polar surface area (TPSA) is 96.9 Å². The van der Waals surface area contributed by atoms with Crippen LogP contribution in [0.5, 0.6) is 0 Å². The number of anilines is 1. The van der Waals surface area contributed by atoms with Crippen molar-refractivity contribution in [2.75, 3.05) is 24.6 Å². The van der Waals surface area contributed by atoms with Crippen LogP contribution >= 0.6 is 0 Å². The van der Waals surface area contributed by atoms with Crippen LogP contribution in [0.3, 0.4) is 0 Å². The molecule has 1 unspecified atom stereocenters. The van der Waals surface area contributed by atoms with Crippen molar-refractivity contribution in [1.82, 2.24) is 9.97 Å². The highest BCUT2D eigenvalue weighted by molar-refractivity contribution is 5.99. The fourth-order valence-corrected chi connectivity index (χ4v) is 1.98. The molecule has 1 aliphatic heterocycles. The van der Waals surface area contributed by atoms with Gasteiger partial charge >= 0.3 is 0 Å². The summed E-state index contributed by atoms with van der Waals surface area (Å²) in [5.74, 6) is 0.598. The molecule has 0 amide bonds. The minimum atomic E-state index is -0.0316. The molecule has 1 atom stereocenters. The summed E-state index contributed by atoms with van der Waals surface area (Å²) in [6, 6.07) is 0. The average molecular weight is 251 g/mol. The van der Waals surface area contributed by atoms with Gasteiger partial charge in [-0.1, -0.05) is 5.16 Å². The lowest BCUT2D eigenvalue weighted by molar-refractivity contribution is 0.0820. The largest absolute Gasteiger partial charge is 0.409 e. The van der Waals surface area contributed by atoms with E-state index in [1.165, 1.54) is 6.20 Å². The van der Waals surface area contributed by atoms with Gasteiger partial charge < -0.3 is 20.6 Å². The first-order valence-corrected chi connectivity index (χ1v) is 5.88. The van der Waals surface area contributed by atoms with Crippen molar-refractivity contribution in [2.24, 2.45) is 10.9 Å². The molecule has 1 aromatic heterocycles. The zero-order valence-corrected chi connectivity index (χ0v) is 10.3. The number of ether oxygens (including phenoxy) is 1. The van der Waals surface area contributed by atoms with Gasteiger partial charge in [0.1, 0.15) is 0 Å². The number of hydrogen-bond acceptors (Lipinski definition) is 6. The summed E-state index contributed by atoms with van der Waals surface area (Å²) in [5.41, 5.74) is 6.01. The van der Waals surface area contributed by atoms with Crippen molar-refractivity contribution in [3.8, 4) is 0 Å². The Hall–Kier alpha value is -1.89. The van der Waals surface area contributed by atoms with Crippen molar-refractivity contribution < 1.29 is 9.94 Å². The maximum Gasteiger partial charge on any atom is 0.192 e. The van der Waals surface area contributed by atoms with Crippen molar-refractivity contribution in [2.45, 2.75) is 19.4 Å². The minimum absolute atomic E-state index is 0.0316. The Morgan fingerprint density at radius 1 is 1.56 bits per heavy atom. The first kappa shape index (κ1) is 12.6. The van der Waals surface area contributed by atoms with E-state index in [2.05, 4.69) is 20.0 Å². The number of rotatable bonds is 2. The Balaban J connectivity index is 2.31. The van der Waals surface area contributed by atoms with Crippen molar-refractivity contribution in [1.29, 1.82) is 0 Å². The summed E-state index contributed by atoms with van der Waals surface area (Å²) in [7, 11) is 0. The van der Waals surface area contributed by atoms with Gasteiger partial charge in [-0.15, -0.1) is 0 Å². The highest BCUT2D eigenvalue weighted by atomic mass is 16.5. The van der Waals surface area contributed by atoms with Gasteiger partial charge in [-0.3, -0.25) is 0 Å².